The zero-order valence-electron chi connectivity index (χ0n) is 8.93. The van der Waals surface area contributed by atoms with Crippen molar-refractivity contribution in [2.75, 3.05) is 13.2 Å². The topological polar surface area (TPSA) is 30.5 Å². The van der Waals surface area contributed by atoms with Gasteiger partial charge in [-0.1, -0.05) is 0 Å². The predicted molar refractivity (Wildman–Crippen MR) is 52.4 cm³/mol. The van der Waals surface area contributed by atoms with Crippen molar-refractivity contribution in [3.63, 3.8) is 0 Å². The maximum Gasteiger partial charge on any atom is 0.0812 e. The van der Waals surface area contributed by atoms with Crippen LogP contribution < -0.4 is 5.48 Å². The molecule has 0 radical (unpaired) electrons. The molecule has 1 heterocycles. The molecule has 0 spiro atoms. The lowest BCUT2D eigenvalue weighted by Gasteiger charge is -2.25. The molecule has 0 bridgehead atoms. The smallest absolute Gasteiger partial charge is 0.0812 e. The van der Waals surface area contributed by atoms with Crippen LogP contribution >= 0.6 is 0 Å². The summed E-state index contributed by atoms with van der Waals surface area (Å²) in [6, 6.07) is 0. The minimum Gasteiger partial charge on any atom is -0.377 e. The minimum absolute atomic E-state index is 0.116. The lowest BCUT2D eigenvalue weighted by molar-refractivity contribution is -0.0949. The van der Waals surface area contributed by atoms with Crippen molar-refractivity contribution in [3.05, 3.63) is 0 Å². The van der Waals surface area contributed by atoms with E-state index in [1.54, 1.807) is 0 Å². The van der Waals surface area contributed by atoms with Crippen molar-refractivity contribution in [2.45, 2.75) is 51.7 Å². The third-order valence-electron chi connectivity index (χ3n) is 1.96. The summed E-state index contributed by atoms with van der Waals surface area (Å²) >= 11 is 0. The van der Waals surface area contributed by atoms with Crippen LogP contribution in [0.1, 0.15) is 40.0 Å². The number of hydroxylamine groups is 1. The van der Waals surface area contributed by atoms with E-state index in [1.165, 1.54) is 12.8 Å². The van der Waals surface area contributed by atoms with Crippen LogP contribution in [0.15, 0.2) is 0 Å². The van der Waals surface area contributed by atoms with Crippen molar-refractivity contribution >= 4 is 0 Å². The molecule has 1 aliphatic heterocycles. The van der Waals surface area contributed by atoms with Crippen molar-refractivity contribution < 1.29 is 9.57 Å². The van der Waals surface area contributed by atoms with Crippen molar-refractivity contribution in [2.24, 2.45) is 0 Å². The van der Waals surface area contributed by atoms with Gasteiger partial charge in [-0.15, -0.1) is 0 Å². The molecule has 78 valence electrons. The third kappa shape index (κ3) is 5.24. The normalized spacial score (nSPS) is 24.7. The first kappa shape index (κ1) is 11.0. The number of ether oxygens (including phenoxy) is 1. The van der Waals surface area contributed by atoms with Crippen molar-refractivity contribution in [3.8, 4) is 0 Å². The van der Waals surface area contributed by atoms with Crippen LogP contribution in [0.5, 0.6) is 0 Å². The van der Waals surface area contributed by atoms with E-state index in [2.05, 4.69) is 5.48 Å². The Morgan fingerprint density at radius 3 is 2.69 bits per heavy atom. The fourth-order valence-electron chi connectivity index (χ4n) is 1.32. The summed E-state index contributed by atoms with van der Waals surface area (Å²) in [7, 11) is 0. The standard InChI is InChI=1S/C10H21NO2/c1-10(2,3)13-11-8-9-6-4-5-7-12-9/h9,11H,4-8H2,1-3H3. The van der Waals surface area contributed by atoms with Gasteiger partial charge in [0.05, 0.1) is 11.7 Å². The van der Waals surface area contributed by atoms with E-state index in [-0.39, 0.29) is 5.60 Å². The quantitative estimate of drug-likeness (QED) is 0.684. The van der Waals surface area contributed by atoms with Gasteiger partial charge in [-0.3, -0.25) is 4.84 Å². The molecule has 1 saturated heterocycles. The Morgan fingerprint density at radius 2 is 2.15 bits per heavy atom. The predicted octanol–water partition coefficient (Wildman–Crippen LogP) is 1.88. The second kappa shape index (κ2) is 4.94. The van der Waals surface area contributed by atoms with Gasteiger partial charge in [0, 0.05) is 13.2 Å². The lowest BCUT2D eigenvalue weighted by atomic mass is 10.1. The summed E-state index contributed by atoms with van der Waals surface area (Å²) in [4.78, 5) is 5.40. The molecule has 0 saturated carbocycles. The molecule has 1 rings (SSSR count). The monoisotopic (exact) mass is 187 g/mol. The van der Waals surface area contributed by atoms with Crippen LogP contribution in [0.25, 0.3) is 0 Å². The maximum absolute atomic E-state index is 5.55. The van der Waals surface area contributed by atoms with Gasteiger partial charge in [-0.2, -0.15) is 5.48 Å². The van der Waals surface area contributed by atoms with E-state index in [9.17, 15) is 0 Å². The summed E-state index contributed by atoms with van der Waals surface area (Å²) in [6.07, 6.45) is 3.98. The molecule has 1 atom stereocenters. The average Bonchev–Trinajstić information content (AvgIpc) is 2.04. The first-order valence-corrected chi connectivity index (χ1v) is 5.10. The number of nitrogens with one attached hydrogen (secondary N) is 1. The van der Waals surface area contributed by atoms with Gasteiger partial charge in [0.1, 0.15) is 0 Å². The third-order valence-corrected chi connectivity index (χ3v) is 1.96. The van der Waals surface area contributed by atoms with Gasteiger partial charge in [0.2, 0.25) is 0 Å². The zero-order valence-corrected chi connectivity index (χ0v) is 8.93. The van der Waals surface area contributed by atoms with Crippen LogP contribution in [0.4, 0.5) is 0 Å². The summed E-state index contributed by atoms with van der Waals surface area (Å²) in [5, 5.41) is 0. The number of hydrogen-bond acceptors (Lipinski definition) is 3. The maximum atomic E-state index is 5.55. The molecule has 3 heteroatoms. The van der Waals surface area contributed by atoms with Gasteiger partial charge in [0.15, 0.2) is 0 Å². The Morgan fingerprint density at radius 1 is 1.38 bits per heavy atom. The molecule has 13 heavy (non-hydrogen) atoms. The first-order valence-electron chi connectivity index (χ1n) is 5.10. The lowest BCUT2D eigenvalue weighted by Crippen LogP contribution is -2.36. The largest absolute Gasteiger partial charge is 0.377 e. The molecule has 0 aromatic rings. The van der Waals surface area contributed by atoms with E-state index < -0.39 is 0 Å². The summed E-state index contributed by atoms with van der Waals surface area (Å²) in [5.74, 6) is 0. The second-order valence-corrected chi connectivity index (χ2v) is 4.55. The summed E-state index contributed by atoms with van der Waals surface area (Å²) < 4.78 is 5.55. The van der Waals surface area contributed by atoms with Gasteiger partial charge in [0.25, 0.3) is 0 Å². The Balaban J connectivity index is 2.04. The SMILES string of the molecule is CC(C)(C)ONCC1CCCCO1. The second-order valence-electron chi connectivity index (χ2n) is 4.55. The Labute approximate surface area is 80.7 Å². The first-order chi connectivity index (χ1) is 6.08. The van der Waals surface area contributed by atoms with Crippen LogP contribution in [0, 0.1) is 0 Å². The molecular formula is C10H21NO2. The fourth-order valence-corrected chi connectivity index (χ4v) is 1.32. The summed E-state index contributed by atoms with van der Waals surface area (Å²) in [5.41, 5.74) is 2.85. The van der Waals surface area contributed by atoms with E-state index in [0.717, 1.165) is 19.6 Å². The van der Waals surface area contributed by atoms with Gasteiger partial charge in [-0.25, -0.2) is 0 Å². The molecule has 1 N–H and O–H groups in total. The Hall–Kier alpha value is -0.120. The van der Waals surface area contributed by atoms with Crippen LogP contribution in [-0.4, -0.2) is 24.9 Å². The minimum atomic E-state index is -0.116. The van der Waals surface area contributed by atoms with Crippen LogP contribution in [-0.2, 0) is 9.57 Å². The summed E-state index contributed by atoms with van der Waals surface area (Å²) in [6.45, 7) is 7.80. The average molecular weight is 187 g/mol. The Kier molecular flexibility index (Phi) is 4.16. The zero-order chi connectivity index (χ0) is 9.73. The number of rotatable bonds is 3. The van der Waals surface area contributed by atoms with E-state index in [1.807, 2.05) is 20.8 Å². The van der Waals surface area contributed by atoms with Gasteiger partial charge in [-0.05, 0) is 40.0 Å². The molecule has 0 aromatic carbocycles. The van der Waals surface area contributed by atoms with Gasteiger partial charge < -0.3 is 4.74 Å². The highest BCUT2D eigenvalue weighted by Crippen LogP contribution is 2.12. The molecule has 3 nitrogen and oxygen atoms in total. The fraction of sp³-hybridized carbons (Fsp3) is 1.00. The van der Waals surface area contributed by atoms with Crippen molar-refractivity contribution in [1.82, 2.24) is 5.48 Å². The van der Waals surface area contributed by atoms with Crippen LogP contribution in [0.3, 0.4) is 0 Å². The van der Waals surface area contributed by atoms with E-state index >= 15 is 0 Å². The van der Waals surface area contributed by atoms with Crippen LogP contribution in [0.2, 0.25) is 0 Å². The number of hydrogen-bond donors (Lipinski definition) is 1. The molecule has 1 aliphatic rings. The van der Waals surface area contributed by atoms with Gasteiger partial charge >= 0.3 is 0 Å². The molecule has 0 amide bonds. The van der Waals surface area contributed by atoms with Crippen molar-refractivity contribution in [1.29, 1.82) is 0 Å². The highest BCUT2D eigenvalue weighted by atomic mass is 16.7. The highest BCUT2D eigenvalue weighted by molar-refractivity contribution is 4.65. The molecular weight excluding hydrogens is 166 g/mol. The molecule has 1 fully saturated rings. The van der Waals surface area contributed by atoms with E-state index in [4.69, 9.17) is 9.57 Å². The molecule has 0 aliphatic carbocycles. The van der Waals surface area contributed by atoms with E-state index in [0.29, 0.717) is 6.10 Å². The highest BCUT2D eigenvalue weighted by Gasteiger charge is 2.15. The Bertz CT molecular complexity index is 136. The molecule has 1 unspecified atom stereocenters. The molecule has 0 aromatic heterocycles.